The van der Waals surface area contributed by atoms with E-state index in [1.54, 1.807) is 16.6 Å². The van der Waals surface area contributed by atoms with E-state index in [0.717, 1.165) is 56.7 Å². The number of pyridine rings is 2. The van der Waals surface area contributed by atoms with Crippen LogP contribution in [0.1, 0.15) is 64.0 Å². The summed E-state index contributed by atoms with van der Waals surface area (Å²) in [6.07, 6.45) is 4.89. The van der Waals surface area contributed by atoms with Gasteiger partial charge in [-0.15, -0.1) is 5.10 Å². The van der Waals surface area contributed by atoms with Crippen molar-refractivity contribution >= 4 is 29.0 Å². The quantitative estimate of drug-likeness (QED) is 0.372. The Balaban J connectivity index is 1.06. The SMILES string of the molecule is Cc1cc(C(=O)O)cc(N2CC[C@@]3(CCN(C(=O)c4nc5c(C)cc(N6CC[C@](C)(c7ccccc7)C6)cn5n4)C3)C2)n1. The molecule has 3 aromatic heterocycles. The molecule has 222 valence electrons. The van der Waals surface area contributed by atoms with Gasteiger partial charge in [0.2, 0.25) is 5.82 Å². The van der Waals surface area contributed by atoms with E-state index in [-0.39, 0.29) is 28.1 Å². The van der Waals surface area contributed by atoms with E-state index in [2.05, 4.69) is 68.2 Å². The lowest BCUT2D eigenvalue weighted by Crippen LogP contribution is -2.34. The molecule has 0 unspecified atom stereocenters. The molecule has 6 heterocycles. The molecule has 1 aromatic carbocycles. The Morgan fingerprint density at radius 3 is 2.44 bits per heavy atom. The Labute approximate surface area is 251 Å². The van der Waals surface area contributed by atoms with Crippen molar-refractivity contribution in [1.82, 2.24) is 24.5 Å². The molecule has 43 heavy (non-hydrogen) atoms. The summed E-state index contributed by atoms with van der Waals surface area (Å²) in [5.41, 5.74) is 5.12. The number of aromatic nitrogens is 4. The number of carbonyl (C=O) groups excluding carboxylic acids is 1. The third-order valence-corrected chi connectivity index (χ3v) is 9.78. The minimum Gasteiger partial charge on any atom is -0.478 e. The minimum absolute atomic E-state index is 0.0477. The highest BCUT2D eigenvalue weighted by Gasteiger charge is 2.46. The number of aryl methyl sites for hydroxylation is 2. The molecule has 3 fully saturated rings. The van der Waals surface area contributed by atoms with Crippen LogP contribution in [-0.4, -0.2) is 80.7 Å². The van der Waals surface area contributed by atoms with Gasteiger partial charge in [0.25, 0.3) is 5.91 Å². The van der Waals surface area contributed by atoms with Crippen molar-refractivity contribution in [3.63, 3.8) is 0 Å². The molecular weight excluding hydrogens is 542 g/mol. The molecule has 3 saturated heterocycles. The largest absolute Gasteiger partial charge is 0.478 e. The van der Waals surface area contributed by atoms with Crippen molar-refractivity contribution in [3.05, 3.63) is 82.9 Å². The van der Waals surface area contributed by atoms with Crippen molar-refractivity contribution < 1.29 is 14.7 Å². The third kappa shape index (κ3) is 4.88. The molecule has 1 N–H and O–H groups in total. The van der Waals surface area contributed by atoms with Gasteiger partial charge in [-0.1, -0.05) is 37.3 Å². The number of hydrogen-bond donors (Lipinski definition) is 1. The Morgan fingerprint density at radius 1 is 0.884 bits per heavy atom. The molecule has 0 bridgehead atoms. The number of benzene rings is 1. The van der Waals surface area contributed by atoms with Gasteiger partial charge in [0.15, 0.2) is 5.65 Å². The van der Waals surface area contributed by atoms with E-state index in [9.17, 15) is 14.7 Å². The van der Waals surface area contributed by atoms with E-state index < -0.39 is 5.97 Å². The molecule has 3 aliphatic heterocycles. The van der Waals surface area contributed by atoms with Crippen LogP contribution in [-0.2, 0) is 5.41 Å². The molecule has 1 amide bonds. The minimum atomic E-state index is -0.952. The second-order valence-electron chi connectivity index (χ2n) is 13.0. The highest BCUT2D eigenvalue weighted by molar-refractivity contribution is 5.91. The number of carboxylic acid groups (broad SMARTS) is 1. The molecule has 2 atom stereocenters. The van der Waals surface area contributed by atoms with Crippen LogP contribution in [0, 0.1) is 19.3 Å². The van der Waals surface area contributed by atoms with Crippen LogP contribution in [0.5, 0.6) is 0 Å². The summed E-state index contributed by atoms with van der Waals surface area (Å²) in [6.45, 7) is 10.9. The number of likely N-dealkylation sites (tertiary alicyclic amines) is 1. The zero-order chi connectivity index (χ0) is 29.9. The topological polar surface area (TPSA) is 107 Å². The fraction of sp³-hybridized carbons (Fsp3) is 0.424. The van der Waals surface area contributed by atoms with Gasteiger partial charge >= 0.3 is 5.97 Å². The predicted octanol–water partition coefficient (Wildman–Crippen LogP) is 4.35. The van der Waals surface area contributed by atoms with Crippen LogP contribution in [0.2, 0.25) is 0 Å². The maximum Gasteiger partial charge on any atom is 0.335 e. The molecule has 10 nitrogen and oxygen atoms in total. The molecule has 4 aromatic rings. The Hall–Kier alpha value is -4.47. The number of carboxylic acids is 1. The number of carbonyl (C=O) groups is 2. The Kier molecular flexibility index (Phi) is 6.41. The molecule has 7 rings (SSSR count). The van der Waals surface area contributed by atoms with Gasteiger partial charge in [0.1, 0.15) is 5.82 Å². The normalized spacial score (nSPS) is 23.7. The zero-order valence-electron chi connectivity index (χ0n) is 25.0. The average Bonchev–Trinajstić information content (AvgIpc) is 3.80. The number of fused-ring (bicyclic) bond motifs is 1. The van der Waals surface area contributed by atoms with Crippen molar-refractivity contribution in [1.29, 1.82) is 0 Å². The first-order valence-corrected chi connectivity index (χ1v) is 15.1. The van der Waals surface area contributed by atoms with Gasteiger partial charge in [-0.3, -0.25) is 4.79 Å². The van der Waals surface area contributed by atoms with Crippen LogP contribution >= 0.6 is 0 Å². The lowest BCUT2D eigenvalue weighted by Gasteiger charge is -2.26. The average molecular weight is 580 g/mol. The molecule has 1 spiro atoms. The highest BCUT2D eigenvalue weighted by atomic mass is 16.4. The maximum absolute atomic E-state index is 13.7. The monoisotopic (exact) mass is 579 g/mol. The molecule has 0 radical (unpaired) electrons. The number of hydrogen-bond acceptors (Lipinski definition) is 7. The molecule has 0 aliphatic carbocycles. The Morgan fingerprint density at radius 2 is 1.65 bits per heavy atom. The summed E-state index contributed by atoms with van der Waals surface area (Å²) in [6, 6.07) is 16.1. The van der Waals surface area contributed by atoms with Gasteiger partial charge in [0, 0.05) is 55.8 Å². The first-order chi connectivity index (χ1) is 20.6. The summed E-state index contributed by atoms with van der Waals surface area (Å²) in [5.74, 6) is -0.171. The van der Waals surface area contributed by atoms with Crippen LogP contribution in [0.25, 0.3) is 5.65 Å². The fourth-order valence-corrected chi connectivity index (χ4v) is 7.30. The van der Waals surface area contributed by atoms with Crippen molar-refractivity contribution in [3.8, 4) is 0 Å². The number of anilines is 2. The number of nitrogens with zero attached hydrogens (tertiary/aromatic N) is 7. The van der Waals surface area contributed by atoms with Crippen LogP contribution < -0.4 is 9.80 Å². The van der Waals surface area contributed by atoms with E-state index in [1.807, 2.05) is 24.9 Å². The van der Waals surface area contributed by atoms with E-state index >= 15 is 0 Å². The van der Waals surface area contributed by atoms with Gasteiger partial charge < -0.3 is 19.8 Å². The molecule has 10 heteroatoms. The second-order valence-corrected chi connectivity index (χ2v) is 13.0. The summed E-state index contributed by atoms with van der Waals surface area (Å²) < 4.78 is 1.77. The summed E-state index contributed by atoms with van der Waals surface area (Å²) >= 11 is 0. The van der Waals surface area contributed by atoms with Crippen molar-refractivity contribution in [2.24, 2.45) is 5.41 Å². The lowest BCUT2D eigenvalue weighted by molar-refractivity contribution is 0.0695. The summed E-state index contributed by atoms with van der Waals surface area (Å²) in [7, 11) is 0. The molecule has 3 aliphatic rings. The fourth-order valence-electron chi connectivity index (χ4n) is 7.30. The summed E-state index contributed by atoms with van der Waals surface area (Å²) in [5, 5.41) is 14.2. The summed E-state index contributed by atoms with van der Waals surface area (Å²) in [4.78, 5) is 40.9. The number of rotatable bonds is 5. The van der Waals surface area contributed by atoms with Crippen LogP contribution in [0.15, 0.2) is 54.7 Å². The van der Waals surface area contributed by atoms with Crippen LogP contribution in [0.4, 0.5) is 11.5 Å². The van der Waals surface area contributed by atoms with Crippen molar-refractivity contribution in [2.45, 2.75) is 45.4 Å². The van der Waals surface area contributed by atoms with E-state index in [1.165, 1.54) is 5.56 Å². The zero-order valence-corrected chi connectivity index (χ0v) is 25.0. The predicted molar refractivity (Wildman–Crippen MR) is 164 cm³/mol. The lowest BCUT2D eigenvalue weighted by atomic mass is 9.82. The number of aromatic carboxylic acids is 1. The molecular formula is C33H37N7O3. The van der Waals surface area contributed by atoms with E-state index in [0.29, 0.717) is 30.2 Å². The maximum atomic E-state index is 13.7. The number of amides is 1. The Bertz CT molecular complexity index is 1740. The molecule has 0 saturated carbocycles. The van der Waals surface area contributed by atoms with Gasteiger partial charge in [-0.25, -0.2) is 19.3 Å². The third-order valence-electron chi connectivity index (χ3n) is 9.78. The van der Waals surface area contributed by atoms with Gasteiger partial charge in [-0.05, 0) is 62.4 Å². The van der Waals surface area contributed by atoms with Gasteiger partial charge in [0.05, 0.1) is 17.4 Å². The van der Waals surface area contributed by atoms with Crippen LogP contribution in [0.3, 0.4) is 0 Å². The van der Waals surface area contributed by atoms with E-state index in [4.69, 9.17) is 0 Å². The second kappa shape index (κ2) is 10.1. The van der Waals surface area contributed by atoms with Gasteiger partial charge in [-0.2, -0.15) is 0 Å². The standard InChI is InChI=1S/C33H37N7O3/c1-22-15-26(37-12-9-32(3,19-37)25-7-5-4-6-8-25)18-40-29(22)35-28(36-40)30(41)39-14-11-33(21-39)10-13-38(20-33)27-17-24(31(42)43)16-23(2)34-27/h4-8,15-18H,9-14,19-21H2,1-3H3,(H,42,43)/t32-,33+/m0/s1. The first-order valence-electron chi connectivity index (χ1n) is 15.1. The highest BCUT2D eigenvalue weighted by Crippen LogP contribution is 2.41. The van der Waals surface area contributed by atoms with Crippen molar-refractivity contribution in [2.75, 3.05) is 49.1 Å². The first kappa shape index (κ1) is 27.4. The smallest absolute Gasteiger partial charge is 0.335 e.